The number of carbonyl (C=O) groups is 2. The number of carbonyl (C=O) groups excluding carboxylic acids is 2. The topological polar surface area (TPSA) is 85.3 Å². The predicted molar refractivity (Wildman–Crippen MR) is 66.3 cm³/mol. The molecule has 1 atom stereocenters. The molecule has 0 saturated carbocycles. The third-order valence-corrected chi connectivity index (χ3v) is 2.40. The van der Waals surface area contributed by atoms with Crippen molar-refractivity contribution in [2.45, 2.75) is 32.2 Å². The van der Waals surface area contributed by atoms with Crippen molar-refractivity contribution >= 4 is 11.8 Å². The van der Waals surface area contributed by atoms with Crippen LogP contribution in [0.3, 0.4) is 0 Å². The second-order valence-electron chi connectivity index (χ2n) is 3.94. The van der Waals surface area contributed by atoms with Gasteiger partial charge in [-0.15, -0.1) is 12.3 Å². The number of furan rings is 1. The van der Waals surface area contributed by atoms with Crippen LogP contribution >= 0.6 is 0 Å². The second kappa shape index (κ2) is 6.50. The minimum atomic E-state index is -0.805. The third kappa shape index (κ3) is 4.34. The SMILES string of the molecule is C#CCC(NC(=O)CCc1ccc(C)o1)C(N)=O. The number of hydrogen-bond donors (Lipinski definition) is 2. The average molecular weight is 248 g/mol. The zero-order valence-electron chi connectivity index (χ0n) is 10.2. The summed E-state index contributed by atoms with van der Waals surface area (Å²) in [6.07, 6.45) is 5.88. The van der Waals surface area contributed by atoms with Crippen LogP contribution in [0.15, 0.2) is 16.5 Å². The molecule has 96 valence electrons. The molecule has 0 aliphatic rings. The molecule has 1 aromatic heterocycles. The van der Waals surface area contributed by atoms with Gasteiger partial charge in [0, 0.05) is 19.3 Å². The zero-order valence-corrected chi connectivity index (χ0v) is 10.2. The molecule has 0 aliphatic heterocycles. The van der Waals surface area contributed by atoms with Crippen molar-refractivity contribution in [3.63, 3.8) is 0 Å². The number of primary amides is 1. The lowest BCUT2D eigenvalue weighted by atomic mass is 10.2. The second-order valence-corrected chi connectivity index (χ2v) is 3.94. The minimum absolute atomic E-state index is 0.0981. The lowest BCUT2D eigenvalue weighted by Crippen LogP contribution is -2.44. The summed E-state index contributed by atoms with van der Waals surface area (Å²) in [5, 5.41) is 2.50. The number of nitrogens with one attached hydrogen (secondary N) is 1. The molecule has 0 aromatic carbocycles. The Morgan fingerprint density at radius 1 is 1.56 bits per heavy atom. The molecule has 1 heterocycles. The van der Waals surface area contributed by atoms with Gasteiger partial charge >= 0.3 is 0 Å². The summed E-state index contributed by atoms with van der Waals surface area (Å²) in [6.45, 7) is 1.83. The Morgan fingerprint density at radius 3 is 2.78 bits per heavy atom. The van der Waals surface area contributed by atoms with Crippen LogP contribution in [0.1, 0.15) is 24.4 Å². The molecule has 0 radical (unpaired) electrons. The molecular formula is C13H16N2O3. The lowest BCUT2D eigenvalue weighted by Gasteiger charge is -2.12. The van der Waals surface area contributed by atoms with Gasteiger partial charge in [0.05, 0.1) is 0 Å². The number of rotatable bonds is 6. The standard InChI is InChI=1S/C13H16N2O3/c1-3-4-11(13(14)17)15-12(16)8-7-10-6-5-9(2)18-10/h1,5-6,11H,4,7-8H2,2H3,(H2,14,17)(H,15,16). The molecule has 0 spiro atoms. The number of terminal acetylenes is 1. The van der Waals surface area contributed by atoms with E-state index in [0.717, 1.165) is 11.5 Å². The molecule has 2 amide bonds. The van der Waals surface area contributed by atoms with Gasteiger partial charge in [-0.25, -0.2) is 0 Å². The van der Waals surface area contributed by atoms with E-state index >= 15 is 0 Å². The Kier molecular flexibility index (Phi) is 5.00. The van der Waals surface area contributed by atoms with Crippen LogP contribution in [-0.2, 0) is 16.0 Å². The van der Waals surface area contributed by atoms with Gasteiger partial charge in [0.15, 0.2) is 0 Å². The van der Waals surface area contributed by atoms with Crippen molar-refractivity contribution in [1.29, 1.82) is 0 Å². The van der Waals surface area contributed by atoms with Gasteiger partial charge in [0.25, 0.3) is 0 Å². The third-order valence-electron chi connectivity index (χ3n) is 2.40. The molecule has 0 saturated heterocycles. The van der Waals surface area contributed by atoms with E-state index in [9.17, 15) is 9.59 Å². The molecule has 18 heavy (non-hydrogen) atoms. The molecule has 0 fully saturated rings. The van der Waals surface area contributed by atoms with Crippen LogP contribution in [0, 0.1) is 19.3 Å². The van der Waals surface area contributed by atoms with E-state index in [2.05, 4.69) is 11.2 Å². The van der Waals surface area contributed by atoms with E-state index in [4.69, 9.17) is 16.6 Å². The fourth-order valence-corrected chi connectivity index (χ4v) is 1.46. The van der Waals surface area contributed by atoms with E-state index in [0.29, 0.717) is 6.42 Å². The maximum absolute atomic E-state index is 11.6. The Morgan fingerprint density at radius 2 is 2.28 bits per heavy atom. The lowest BCUT2D eigenvalue weighted by molar-refractivity contribution is -0.127. The van der Waals surface area contributed by atoms with Crippen molar-refractivity contribution in [2.24, 2.45) is 5.73 Å². The highest BCUT2D eigenvalue weighted by Crippen LogP contribution is 2.08. The normalized spacial score (nSPS) is 11.6. The van der Waals surface area contributed by atoms with Crippen molar-refractivity contribution < 1.29 is 14.0 Å². The van der Waals surface area contributed by atoms with Crippen LogP contribution in [0.2, 0.25) is 0 Å². The number of nitrogens with two attached hydrogens (primary N) is 1. The van der Waals surface area contributed by atoms with Gasteiger partial charge < -0.3 is 15.5 Å². The van der Waals surface area contributed by atoms with Gasteiger partial charge in [0.1, 0.15) is 17.6 Å². The summed E-state index contributed by atoms with van der Waals surface area (Å²) in [7, 11) is 0. The molecular weight excluding hydrogens is 232 g/mol. The van der Waals surface area contributed by atoms with Gasteiger partial charge in [-0.2, -0.15) is 0 Å². The zero-order chi connectivity index (χ0) is 13.5. The molecule has 1 unspecified atom stereocenters. The summed E-state index contributed by atoms with van der Waals surface area (Å²) < 4.78 is 5.33. The summed E-state index contributed by atoms with van der Waals surface area (Å²) in [6, 6.07) is 2.84. The Bertz CT molecular complexity index is 471. The fourth-order valence-electron chi connectivity index (χ4n) is 1.46. The first-order chi connectivity index (χ1) is 8.52. The molecule has 1 aromatic rings. The molecule has 5 heteroatoms. The molecule has 3 N–H and O–H groups in total. The van der Waals surface area contributed by atoms with Gasteiger partial charge in [0.2, 0.25) is 11.8 Å². The highest BCUT2D eigenvalue weighted by molar-refractivity contribution is 5.86. The maximum atomic E-state index is 11.6. The number of aryl methyl sites for hydroxylation is 2. The quantitative estimate of drug-likeness (QED) is 0.719. The number of hydrogen-bond acceptors (Lipinski definition) is 3. The van der Waals surface area contributed by atoms with Crippen LogP contribution in [0.4, 0.5) is 0 Å². The van der Waals surface area contributed by atoms with E-state index in [-0.39, 0.29) is 18.7 Å². The Balaban J connectivity index is 2.41. The van der Waals surface area contributed by atoms with E-state index in [1.807, 2.05) is 19.1 Å². The average Bonchev–Trinajstić information content (AvgIpc) is 2.72. The predicted octanol–water partition coefficient (Wildman–Crippen LogP) is 0.514. The molecule has 5 nitrogen and oxygen atoms in total. The van der Waals surface area contributed by atoms with Crippen LogP contribution in [0.25, 0.3) is 0 Å². The summed E-state index contributed by atoms with van der Waals surface area (Å²) in [5.74, 6) is 2.92. The fraction of sp³-hybridized carbons (Fsp3) is 0.385. The first-order valence-corrected chi connectivity index (χ1v) is 5.60. The highest BCUT2D eigenvalue weighted by Gasteiger charge is 2.16. The van der Waals surface area contributed by atoms with Crippen molar-refractivity contribution in [2.75, 3.05) is 0 Å². The van der Waals surface area contributed by atoms with Gasteiger partial charge in [-0.1, -0.05) is 0 Å². The minimum Gasteiger partial charge on any atom is -0.466 e. The largest absolute Gasteiger partial charge is 0.466 e. The Labute approximate surface area is 106 Å². The molecule has 0 aliphatic carbocycles. The summed E-state index contributed by atoms with van der Waals surface area (Å²) in [5.41, 5.74) is 5.11. The van der Waals surface area contributed by atoms with Gasteiger partial charge in [-0.3, -0.25) is 9.59 Å². The summed E-state index contributed by atoms with van der Waals surface area (Å²) >= 11 is 0. The van der Waals surface area contributed by atoms with Crippen LogP contribution in [0.5, 0.6) is 0 Å². The van der Waals surface area contributed by atoms with Crippen molar-refractivity contribution in [3.8, 4) is 12.3 Å². The van der Waals surface area contributed by atoms with Crippen molar-refractivity contribution in [3.05, 3.63) is 23.7 Å². The number of amides is 2. The van der Waals surface area contributed by atoms with Gasteiger partial charge in [-0.05, 0) is 19.1 Å². The van der Waals surface area contributed by atoms with E-state index in [1.165, 1.54) is 0 Å². The first kappa shape index (κ1) is 13.8. The summed E-state index contributed by atoms with van der Waals surface area (Å²) in [4.78, 5) is 22.6. The Hall–Kier alpha value is -2.22. The van der Waals surface area contributed by atoms with E-state index in [1.54, 1.807) is 0 Å². The van der Waals surface area contributed by atoms with Crippen molar-refractivity contribution in [1.82, 2.24) is 5.32 Å². The first-order valence-electron chi connectivity index (χ1n) is 5.60. The van der Waals surface area contributed by atoms with E-state index < -0.39 is 11.9 Å². The van der Waals surface area contributed by atoms with Crippen LogP contribution < -0.4 is 11.1 Å². The van der Waals surface area contributed by atoms with Crippen LogP contribution in [-0.4, -0.2) is 17.9 Å². The smallest absolute Gasteiger partial charge is 0.240 e. The highest BCUT2D eigenvalue weighted by atomic mass is 16.3. The molecule has 0 bridgehead atoms. The monoisotopic (exact) mass is 248 g/mol. The maximum Gasteiger partial charge on any atom is 0.240 e. The molecule has 1 rings (SSSR count).